The summed E-state index contributed by atoms with van der Waals surface area (Å²) in [6.45, 7) is 15.5. The van der Waals surface area contributed by atoms with Crippen LogP contribution < -0.4 is 0 Å². The van der Waals surface area contributed by atoms with Gasteiger partial charge in [0.1, 0.15) is 11.7 Å². The first-order valence-corrected chi connectivity index (χ1v) is 17.1. The molecule has 4 N–H and O–H groups in total. The van der Waals surface area contributed by atoms with Gasteiger partial charge >= 0.3 is 16.4 Å². The zero-order valence-corrected chi connectivity index (χ0v) is 27.6. The van der Waals surface area contributed by atoms with Crippen molar-refractivity contribution < 1.29 is 42.0 Å². The number of esters is 1. The van der Waals surface area contributed by atoms with Crippen LogP contribution in [0.5, 0.6) is 0 Å². The third-order valence-electron chi connectivity index (χ3n) is 13.1. The van der Waals surface area contributed by atoms with Gasteiger partial charge in [0, 0.05) is 17.8 Å². The van der Waals surface area contributed by atoms with Gasteiger partial charge in [0.2, 0.25) is 0 Å². The fourth-order valence-electron chi connectivity index (χ4n) is 10.2. The van der Waals surface area contributed by atoms with Crippen molar-refractivity contribution in [2.75, 3.05) is 6.61 Å². The summed E-state index contributed by atoms with van der Waals surface area (Å²) in [7, 11) is -4.74. The van der Waals surface area contributed by atoms with Crippen molar-refractivity contribution in [3.05, 3.63) is 11.1 Å². The van der Waals surface area contributed by atoms with Crippen LogP contribution in [0.2, 0.25) is 0 Å². The molecular weight excluding hydrogens is 560 g/mol. The highest BCUT2D eigenvalue weighted by molar-refractivity contribution is 7.80. The van der Waals surface area contributed by atoms with Gasteiger partial charge in [-0.3, -0.25) is 9.35 Å². The van der Waals surface area contributed by atoms with Crippen LogP contribution >= 0.6 is 0 Å². The summed E-state index contributed by atoms with van der Waals surface area (Å²) in [4.78, 5) is 11.9. The molecule has 0 amide bonds. The Morgan fingerprint density at radius 3 is 2.26 bits per heavy atom. The van der Waals surface area contributed by atoms with E-state index in [0.29, 0.717) is 18.8 Å². The Labute approximate surface area is 252 Å². The van der Waals surface area contributed by atoms with Crippen molar-refractivity contribution in [2.24, 2.45) is 33.5 Å². The second kappa shape index (κ2) is 10.8. The predicted molar refractivity (Wildman–Crippen MR) is 159 cm³/mol. The van der Waals surface area contributed by atoms with Gasteiger partial charge in [0.05, 0.1) is 18.3 Å². The molecule has 0 aromatic rings. The van der Waals surface area contributed by atoms with E-state index >= 15 is 0 Å². The van der Waals surface area contributed by atoms with E-state index in [0.717, 1.165) is 44.9 Å². The molecule has 0 heterocycles. The fraction of sp³-hybridized carbons (Fsp3) is 0.906. The molecule has 0 spiro atoms. The Morgan fingerprint density at radius 1 is 1.02 bits per heavy atom. The second-order valence-electron chi connectivity index (χ2n) is 15.6. The standard InChI is InChI=1S/C32H54O9S/c1-20(9-12-25(34)30(7,35)19-40-42(37,38)39)32(36)18-17-29(6)23-10-11-24-27(3,4)26(41-21(2)33)14-15-28(24,5)22(23)13-16-31(29,32)8/h20,24-26,34-36H,9-19H2,1-8H3,(H,37,38,39)/t20-,24?,25?,26+,28-,29+,30?,31+,32+/m1/s1. The third kappa shape index (κ3) is 5.30. The van der Waals surface area contributed by atoms with E-state index in [1.165, 1.54) is 19.4 Å². The molecule has 42 heavy (non-hydrogen) atoms. The third-order valence-corrected chi connectivity index (χ3v) is 13.5. The molecule has 0 aromatic heterocycles. The highest BCUT2D eigenvalue weighted by atomic mass is 32.3. The van der Waals surface area contributed by atoms with E-state index in [1.54, 1.807) is 5.57 Å². The minimum atomic E-state index is -4.74. The summed E-state index contributed by atoms with van der Waals surface area (Å²) in [5.74, 6) is 0.0211. The lowest BCUT2D eigenvalue weighted by Crippen LogP contribution is -2.58. The normalized spacial score (nSPS) is 40.8. The molecule has 10 heteroatoms. The number of rotatable bonds is 9. The van der Waals surface area contributed by atoms with Crippen molar-refractivity contribution in [1.82, 2.24) is 0 Å². The lowest BCUT2D eigenvalue weighted by molar-refractivity contribution is -0.168. The van der Waals surface area contributed by atoms with Crippen molar-refractivity contribution >= 4 is 16.4 Å². The zero-order chi connectivity index (χ0) is 31.7. The number of hydrogen-bond acceptors (Lipinski definition) is 8. The summed E-state index contributed by atoms with van der Waals surface area (Å²) in [5.41, 5.74) is -0.397. The van der Waals surface area contributed by atoms with E-state index in [4.69, 9.17) is 9.29 Å². The molecule has 0 bridgehead atoms. The summed E-state index contributed by atoms with van der Waals surface area (Å²) in [5, 5.41) is 33.7. The van der Waals surface area contributed by atoms with Crippen LogP contribution in [0.3, 0.4) is 0 Å². The number of carbonyl (C=O) groups is 1. The molecule has 0 aromatic carbocycles. The number of aliphatic hydroxyl groups excluding tert-OH is 1. The molecule has 4 aliphatic rings. The Morgan fingerprint density at radius 2 is 1.67 bits per heavy atom. The van der Waals surface area contributed by atoms with Gasteiger partial charge in [-0.2, -0.15) is 8.42 Å². The number of ether oxygens (including phenoxy) is 1. The molecule has 2 fully saturated rings. The minimum Gasteiger partial charge on any atom is -0.462 e. The van der Waals surface area contributed by atoms with Crippen LogP contribution in [0.15, 0.2) is 11.1 Å². The SMILES string of the molecule is CC(=O)O[C@H]1CC[C@]2(C)C3=C(CCC2C1(C)C)[C@]1(C)CC[C@](O)([C@H](C)CCC(O)C(C)(O)COS(=O)(=O)O)[C@@]1(C)CC3. The molecule has 0 radical (unpaired) electrons. The average molecular weight is 615 g/mol. The number of hydrogen-bond donors (Lipinski definition) is 4. The average Bonchev–Trinajstić information content (AvgIpc) is 3.09. The van der Waals surface area contributed by atoms with Crippen LogP contribution in [0.4, 0.5) is 0 Å². The van der Waals surface area contributed by atoms with Crippen LogP contribution in [0.1, 0.15) is 120 Å². The lowest BCUT2D eigenvalue weighted by Gasteiger charge is -2.63. The molecule has 242 valence electrons. The minimum absolute atomic E-state index is 0.0320. The Bertz CT molecular complexity index is 1210. The van der Waals surface area contributed by atoms with Crippen LogP contribution in [0, 0.1) is 33.5 Å². The first kappa shape index (κ1) is 33.8. The molecule has 9 nitrogen and oxygen atoms in total. The zero-order valence-electron chi connectivity index (χ0n) is 26.8. The molecule has 4 aliphatic carbocycles. The van der Waals surface area contributed by atoms with Crippen LogP contribution in [-0.2, 0) is 24.1 Å². The van der Waals surface area contributed by atoms with Crippen LogP contribution in [0.25, 0.3) is 0 Å². The maximum absolute atomic E-state index is 12.4. The molecule has 4 rings (SSSR count). The van der Waals surface area contributed by atoms with E-state index in [-0.39, 0.29) is 46.1 Å². The highest BCUT2D eigenvalue weighted by Crippen LogP contribution is 2.73. The van der Waals surface area contributed by atoms with E-state index in [1.807, 2.05) is 6.92 Å². The highest BCUT2D eigenvalue weighted by Gasteiger charge is 2.68. The number of fused-ring (bicyclic) bond motifs is 4. The van der Waals surface area contributed by atoms with Crippen molar-refractivity contribution in [3.63, 3.8) is 0 Å². The molecule has 3 unspecified atom stereocenters. The summed E-state index contributed by atoms with van der Waals surface area (Å²) in [6.07, 6.45) is 6.39. The Balaban J connectivity index is 1.55. The smallest absolute Gasteiger partial charge is 0.397 e. The van der Waals surface area contributed by atoms with Gasteiger partial charge in [0.25, 0.3) is 0 Å². The van der Waals surface area contributed by atoms with E-state index in [9.17, 15) is 28.5 Å². The second-order valence-corrected chi connectivity index (χ2v) is 16.6. The fourth-order valence-corrected chi connectivity index (χ4v) is 10.6. The first-order chi connectivity index (χ1) is 19.1. The van der Waals surface area contributed by atoms with Crippen LogP contribution in [-0.4, -0.2) is 64.3 Å². The van der Waals surface area contributed by atoms with Gasteiger partial charge in [-0.25, -0.2) is 4.18 Å². The van der Waals surface area contributed by atoms with Gasteiger partial charge < -0.3 is 20.1 Å². The van der Waals surface area contributed by atoms with Crippen molar-refractivity contribution in [1.29, 1.82) is 0 Å². The van der Waals surface area contributed by atoms with Gasteiger partial charge in [0.15, 0.2) is 0 Å². The summed E-state index contributed by atoms with van der Waals surface area (Å²) in [6, 6.07) is 0. The van der Waals surface area contributed by atoms with E-state index in [2.05, 4.69) is 38.8 Å². The van der Waals surface area contributed by atoms with E-state index < -0.39 is 34.3 Å². The maximum atomic E-state index is 12.4. The van der Waals surface area contributed by atoms with Gasteiger partial charge in [-0.05, 0) is 93.8 Å². The first-order valence-electron chi connectivity index (χ1n) is 15.7. The Hall–Kier alpha value is -1.04. The van der Waals surface area contributed by atoms with Gasteiger partial charge in [-0.1, -0.05) is 52.7 Å². The predicted octanol–water partition coefficient (Wildman–Crippen LogP) is 5.13. The quantitative estimate of drug-likeness (QED) is 0.157. The monoisotopic (exact) mass is 614 g/mol. The largest absolute Gasteiger partial charge is 0.462 e. The number of aliphatic hydroxyl groups is 3. The maximum Gasteiger partial charge on any atom is 0.397 e. The number of allylic oxidation sites excluding steroid dienone is 2. The lowest BCUT2D eigenvalue weighted by atomic mass is 9.43. The summed E-state index contributed by atoms with van der Waals surface area (Å²) < 4.78 is 40.9. The van der Waals surface area contributed by atoms with Crippen molar-refractivity contribution in [3.8, 4) is 0 Å². The Kier molecular flexibility index (Phi) is 8.70. The topological polar surface area (TPSA) is 151 Å². The molecule has 0 aliphatic heterocycles. The van der Waals surface area contributed by atoms with Gasteiger partial charge in [-0.15, -0.1) is 0 Å². The van der Waals surface area contributed by atoms with Crippen molar-refractivity contribution in [2.45, 2.75) is 143 Å². The molecular formula is C32H54O9S. The molecule has 0 saturated heterocycles. The molecule has 2 saturated carbocycles. The summed E-state index contributed by atoms with van der Waals surface area (Å²) >= 11 is 0. The number of carbonyl (C=O) groups excluding carboxylic acids is 1. The molecule has 9 atom stereocenters.